The molecule has 0 unspecified atom stereocenters. The number of rotatable bonds is 7. The average Bonchev–Trinajstić information content (AvgIpc) is 2.74. The van der Waals surface area contributed by atoms with Crippen molar-refractivity contribution in [2.24, 2.45) is 5.10 Å². The molecule has 31 heavy (non-hydrogen) atoms. The lowest BCUT2D eigenvalue weighted by molar-refractivity contribution is -0.123. The summed E-state index contributed by atoms with van der Waals surface area (Å²) in [4.78, 5) is 24.0. The SMILES string of the molecule is Cc1cc(Cl)ccc1OCC(=O)NN=Cc1ccc(OC(=O)c2ccccc2Cl)cc1. The third-order valence-electron chi connectivity index (χ3n) is 4.08. The first-order valence-electron chi connectivity index (χ1n) is 9.20. The number of aryl methyl sites for hydroxylation is 1. The van der Waals surface area contributed by atoms with Crippen LogP contribution in [0.1, 0.15) is 21.5 Å². The number of nitrogens with one attached hydrogen (secondary N) is 1. The number of benzene rings is 3. The van der Waals surface area contributed by atoms with Crippen LogP contribution in [0.3, 0.4) is 0 Å². The third-order valence-corrected chi connectivity index (χ3v) is 4.65. The lowest BCUT2D eigenvalue weighted by atomic mass is 10.2. The number of hydrogen-bond donors (Lipinski definition) is 1. The molecule has 8 heteroatoms. The number of amides is 1. The van der Waals surface area contributed by atoms with Crippen molar-refractivity contribution in [3.63, 3.8) is 0 Å². The van der Waals surface area contributed by atoms with E-state index in [2.05, 4.69) is 10.5 Å². The summed E-state index contributed by atoms with van der Waals surface area (Å²) in [6.07, 6.45) is 1.46. The average molecular weight is 457 g/mol. The molecule has 1 amide bonds. The standard InChI is InChI=1S/C23H18Cl2N2O4/c1-15-12-17(24)8-11-21(15)30-14-22(28)27-26-13-16-6-9-18(10-7-16)31-23(29)19-4-2-3-5-20(19)25/h2-13H,14H2,1H3,(H,27,28). The minimum absolute atomic E-state index is 0.184. The van der Waals surface area contributed by atoms with E-state index in [4.69, 9.17) is 32.7 Å². The lowest BCUT2D eigenvalue weighted by Crippen LogP contribution is -2.24. The molecule has 0 aliphatic rings. The summed E-state index contributed by atoms with van der Waals surface area (Å²) >= 11 is 11.9. The monoisotopic (exact) mass is 456 g/mol. The van der Waals surface area contributed by atoms with Gasteiger partial charge in [-0.3, -0.25) is 4.79 Å². The van der Waals surface area contributed by atoms with E-state index in [-0.39, 0.29) is 12.2 Å². The number of ether oxygens (including phenoxy) is 2. The van der Waals surface area contributed by atoms with Gasteiger partial charge in [0.05, 0.1) is 16.8 Å². The molecule has 0 heterocycles. The number of hydrazone groups is 1. The molecule has 6 nitrogen and oxygen atoms in total. The highest BCUT2D eigenvalue weighted by molar-refractivity contribution is 6.33. The van der Waals surface area contributed by atoms with Crippen LogP contribution in [0.5, 0.6) is 11.5 Å². The number of halogens is 2. The minimum Gasteiger partial charge on any atom is -0.483 e. The zero-order valence-corrected chi connectivity index (χ0v) is 18.0. The predicted octanol–water partition coefficient (Wildman–Crippen LogP) is 5.05. The van der Waals surface area contributed by atoms with Crippen LogP contribution in [-0.4, -0.2) is 24.7 Å². The normalized spacial score (nSPS) is 10.7. The summed E-state index contributed by atoms with van der Waals surface area (Å²) in [5, 5.41) is 4.81. The molecule has 0 atom stereocenters. The summed E-state index contributed by atoms with van der Waals surface area (Å²) in [6.45, 7) is 1.66. The summed E-state index contributed by atoms with van der Waals surface area (Å²) < 4.78 is 10.8. The van der Waals surface area contributed by atoms with Gasteiger partial charge in [-0.2, -0.15) is 5.10 Å². The van der Waals surface area contributed by atoms with E-state index in [1.165, 1.54) is 6.21 Å². The van der Waals surface area contributed by atoms with Crippen LogP contribution >= 0.6 is 23.2 Å². The topological polar surface area (TPSA) is 77.0 Å². The maximum Gasteiger partial charge on any atom is 0.345 e. The molecule has 0 spiro atoms. The highest BCUT2D eigenvalue weighted by atomic mass is 35.5. The van der Waals surface area contributed by atoms with E-state index in [0.717, 1.165) is 5.56 Å². The van der Waals surface area contributed by atoms with E-state index in [1.54, 1.807) is 66.7 Å². The van der Waals surface area contributed by atoms with Crippen molar-refractivity contribution < 1.29 is 19.1 Å². The van der Waals surface area contributed by atoms with Gasteiger partial charge in [0.2, 0.25) is 0 Å². The third kappa shape index (κ3) is 6.57. The fourth-order valence-corrected chi connectivity index (χ4v) is 2.98. The predicted molar refractivity (Wildman–Crippen MR) is 120 cm³/mol. The highest BCUT2D eigenvalue weighted by Gasteiger charge is 2.12. The molecular weight excluding hydrogens is 439 g/mol. The number of carbonyl (C=O) groups is 2. The summed E-state index contributed by atoms with van der Waals surface area (Å²) in [5.41, 5.74) is 4.21. The van der Waals surface area contributed by atoms with Crippen molar-refractivity contribution in [3.05, 3.63) is 93.5 Å². The van der Waals surface area contributed by atoms with Crippen LogP contribution in [0.2, 0.25) is 10.0 Å². The molecule has 0 radical (unpaired) electrons. The van der Waals surface area contributed by atoms with Gasteiger partial charge in [0, 0.05) is 5.02 Å². The molecule has 0 saturated heterocycles. The van der Waals surface area contributed by atoms with E-state index in [1.807, 2.05) is 6.92 Å². The van der Waals surface area contributed by atoms with Gasteiger partial charge in [0.1, 0.15) is 11.5 Å². The quantitative estimate of drug-likeness (QED) is 0.233. The second-order valence-corrected chi connectivity index (χ2v) is 7.27. The molecule has 0 aromatic heterocycles. The Morgan fingerprint density at radius 2 is 1.77 bits per heavy atom. The fraction of sp³-hybridized carbons (Fsp3) is 0.0870. The van der Waals surface area contributed by atoms with Gasteiger partial charge in [-0.05, 0) is 72.6 Å². The first kappa shape index (κ1) is 22.3. The Kier molecular flexibility index (Phi) is 7.65. The van der Waals surface area contributed by atoms with Gasteiger partial charge in [-0.1, -0.05) is 35.3 Å². The van der Waals surface area contributed by atoms with Crippen LogP contribution in [0.15, 0.2) is 71.8 Å². The van der Waals surface area contributed by atoms with Crippen molar-refractivity contribution in [1.29, 1.82) is 0 Å². The van der Waals surface area contributed by atoms with Gasteiger partial charge in [-0.15, -0.1) is 0 Å². The zero-order chi connectivity index (χ0) is 22.2. The van der Waals surface area contributed by atoms with Crippen LogP contribution in [-0.2, 0) is 4.79 Å². The maximum absolute atomic E-state index is 12.2. The van der Waals surface area contributed by atoms with E-state index in [9.17, 15) is 9.59 Å². The second kappa shape index (κ2) is 10.6. The second-order valence-electron chi connectivity index (χ2n) is 6.43. The Balaban J connectivity index is 1.48. The van der Waals surface area contributed by atoms with Crippen molar-refractivity contribution in [1.82, 2.24) is 5.43 Å². The Morgan fingerprint density at radius 3 is 2.48 bits per heavy atom. The maximum atomic E-state index is 12.2. The van der Waals surface area contributed by atoms with E-state index < -0.39 is 11.9 Å². The highest BCUT2D eigenvalue weighted by Crippen LogP contribution is 2.21. The molecule has 0 saturated carbocycles. The Hall–Kier alpha value is -3.35. The van der Waals surface area contributed by atoms with Gasteiger partial charge in [0.25, 0.3) is 5.91 Å². The molecule has 3 aromatic carbocycles. The summed E-state index contributed by atoms with van der Waals surface area (Å²) in [6, 6.07) is 18.4. The summed E-state index contributed by atoms with van der Waals surface area (Å²) in [5.74, 6) is -0.0191. The molecule has 3 aromatic rings. The number of hydrogen-bond acceptors (Lipinski definition) is 5. The Labute approximate surface area is 189 Å². The summed E-state index contributed by atoms with van der Waals surface area (Å²) in [7, 11) is 0. The van der Waals surface area contributed by atoms with Gasteiger partial charge >= 0.3 is 5.97 Å². The van der Waals surface area contributed by atoms with Crippen molar-refractivity contribution in [2.75, 3.05) is 6.61 Å². The number of esters is 1. The van der Waals surface area contributed by atoms with Crippen molar-refractivity contribution in [2.45, 2.75) is 6.92 Å². The van der Waals surface area contributed by atoms with Crippen LogP contribution < -0.4 is 14.9 Å². The molecule has 1 N–H and O–H groups in total. The molecule has 0 aliphatic carbocycles. The molecule has 0 bridgehead atoms. The van der Waals surface area contributed by atoms with E-state index >= 15 is 0 Å². The number of nitrogens with zero attached hydrogens (tertiary/aromatic N) is 1. The van der Waals surface area contributed by atoms with Crippen molar-refractivity contribution in [3.8, 4) is 11.5 Å². The smallest absolute Gasteiger partial charge is 0.345 e. The molecular formula is C23H18Cl2N2O4. The van der Waals surface area contributed by atoms with Crippen molar-refractivity contribution >= 4 is 41.3 Å². The molecule has 158 valence electrons. The molecule has 0 aliphatic heterocycles. The lowest BCUT2D eigenvalue weighted by Gasteiger charge is -2.08. The zero-order valence-electron chi connectivity index (χ0n) is 16.5. The van der Waals surface area contributed by atoms with E-state index in [0.29, 0.717) is 27.1 Å². The van der Waals surface area contributed by atoms with Gasteiger partial charge in [-0.25, -0.2) is 10.2 Å². The Bertz CT molecular complexity index is 1110. The fourth-order valence-electron chi connectivity index (χ4n) is 2.54. The van der Waals surface area contributed by atoms with Gasteiger partial charge in [0.15, 0.2) is 6.61 Å². The van der Waals surface area contributed by atoms with Crippen LogP contribution in [0.4, 0.5) is 0 Å². The molecule has 0 fully saturated rings. The first-order chi connectivity index (χ1) is 14.9. The Morgan fingerprint density at radius 1 is 1.03 bits per heavy atom. The van der Waals surface area contributed by atoms with Crippen LogP contribution in [0, 0.1) is 6.92 Å². The largest absolute Gasteiger partial charge is 0.483 e. The minimum atomic E-state index is -0.546. The van der Waals surface area contributed by atoms with Crippen LogP contribution in [0.25, 0.3) is 0 Å². The van der Waals surface area contributed by atoms with Gasteiger partial charge < -0.3 is 9.47 Å². The number of carbonyl (C=O) groups excluding carboxylic acids is 2. The molecule has 3 rings (SSSR count). The first-order valence-corrected chi connectivity index (χ1v) is 9.95.